The number of benzene rings is 2. The van der Waals surface area contributed by atoms with Crippen molar-refractivity contribution >= 4 is 0 Å². The number of hydrogen-bond acceptors (Lipinski definition) is 1. The van der Waals surface area contributed by atoms with Crippen molar-refractivity contribution in [2.45, 2.75) is 81.8 Å². The van der Waals surface area contributed by atoms with Crippen LogP contribution in [0.2, 0.25) is 0 Å². The Morgan fingerprint density at radius 3 is 0.760 bits per heavy atom. The minimum absolute atomic E-state index is 1.01. The van der Waals surface area contributed by atoms with Gasteiger partial charge in [-0.1, -0.05) is 0 Å². The van der Waals surface area contributed by atoms with Gasteiger partial charge in [0.1, 0.15) is 5.60 Å². The van der Waals surface area contributed by atoms with E-state index in [1.807, 2.05) is 6.92 Å². The van der Waals surface area contributed by atoms with Crippen molar-refractivity contribution in [1.82, 2.24) is 0 Å². The lowest BCUT2D eigenvalue weighted by atomic mass is 9.74. The van der Waals surface area contributed by atoms with E-state index in [2.05, 4.69) is 69.2 Å². The molecule has 2 aromatic carbocycles. The Labute approximate surface area is 154 Å². The van der Waals surface area contributed by atoms with Crippen molar-refractivity contribution in [3.05, 3.63) is 66.8 Å². The molecule has 2 aromatic rings. The third-order valence-corrected chi connectivity index (χ3v) is 6.97. The summed E-state index contributed by atoms with van der Waals surface area (Å²) in [7, 11) is 0. The highest BCUT2D eigenvalue weighted by Gasteiger charge is 2.34. The fourth-order valence-electron chi connectivity index (χ4n) is 4.59. The minimum atomic E-state index is -1.01. The first-order valence-corrected chi connectivity index (χ1v) is 9.22. The zero-order chi connectivity index (χ0) is 19.4. The molecule has 0 fully saturated rings. The van der Waals surface area contributed by atoms with E-state index in [1.165, 1.54) is 55.6 Å². The summed E-state index contributed by atoms with van der Waals surface area (Å²) < 4.78 is 0. The highest BCUT2D eigenvalue weighted by atomic mass is 16.3. The van der Waals surface area contributed by atoms with Gasteiger partial charge in [0.05, 0.1) is 0 Å². The van der Waals surface area contributed by atoms with Crippen LogP contribution < -0.4 is 0 Å². The van der Waals surface area contributed by atoms with Gasteiger partial charge in [-0.25, -0.2) is 0 Å². The average Bonchev–Trinajstić information content (AvgIpc) is 2.54. The molecule has 25 heavy (non-hydrogen) atoms. The highest BCUT2D eigenvalue weighted by Crippen LogP contribution is 2.42. The zero-order valence-corrected chi connectivity index (χ0v) is 17.9. The molecular weight excluding hydrogens is 304 g/mol. The molecule has 0 aromatic heterocycles. The van der Waals surface area contributed by atoms with Gasteiger partial charge in [-0.3, -0.25) is 0 Å². The standard InChI is InChI=1S/C24H34O/c1-12-14(3)18(7)22(19(8)15(12)4)24(11,25)23-20(9)16(5)13(2)17(6)21(23)10/h25H,1-11H3. The normalized spacial score (nSPS) is 12.0. The van der Waals surface area contributed by atoms with Crippen molar-refractivity contribution in [2.75, 3.05) is 0 Å². The first-order chi connectivity index (χ1) is 11.4. The molecule has 1 nitrogen and oxygen atoms in total. The van der Waals surface area contributed by atoms with Crippen LogP contribution in [0.5, 0.6) is 0 Å². The molecule has 0 heterocycles. The smallest absolute Gasteiger partial charge is 0.113 e. The molecule has 136 valence electrons. The van der Waals surface area contributed by atoms with E-state index in [0.717, 1.165) is 11.1 Å². The maximum Gasteiger partial charge on any atom is 0.113 e. The van der Waals surface area contributed by atoms with Crippen LogP contribution in [0.4, 0.5) is 0 Å². The molecule has 0 spiro atoms. The van der Waals surface area contributed by atoms with E-state index >= 15 is 0 Å². The zero-order valence-electron chi connectivity index (χ0n) is 17.9. The molecular formula is C24H34O. The van der Waals surface area contributed by atoms with Crippen molar-refractivity contribution in [2.24, 2.45) is 0 Å². The van der Waals surface area contributed by atoms with Gasteiger partial charge in [0.2, 0.25) is 0 Å². The first kappa shape index (κ1) is 19.7. The van der Waals surface area contributed by atoms with Crippen LogP contribution in [-0.4, -0.2) is 5.11 Å². The minimum Gasteiger partial charge on any atom is -0.381 e. The Balaban J connectivity index is 2.96. The van der Waals surface area contributed by atoms with Crippen LogP contribution in [0, 0.1) is 69.2 Å². The lowest BCUT2D eigenvalue weighted by Gasteiger charge is -2.35. The monoisotopic (exact) mass is 338 g/mol. The van der Waals surface area contributed by atoms with Crippen LogP contribution >= 0.6 is 0 Å². The lowest BCUT2D eigenvalue weighted by molar-refractivity contribution is 0.0991. The molecule has 0 atom stereocenters. The van der Waals surface area contributed by atoms with Gasteiger partial charge in [-0.05, 0) is 143 Å². The van der Waals surface area contributed by atoms with Gasteiger partial charge in [-0.2, -0.15) is 0 Å². The maximum atomic E-state index is 11.9. The molecule has 0 aliphatic heterocycles. The summed E-state index contributed by atoms with van der Waals surface area (Å²) >= 11 is 0. The molecule has 0 amide bonds. The summed E-state index contributed by atoms with van der Waals surface area (Å²) in [5.41, 5.74) is 13.8. The Kier molecular flexibility index (Phi) is 4.96. The predicted octanol–water partition coefficient (Wildman–Crippen LogP) is 6.03. The van der Waals surface area contributed by atoms with E-state index in [9.17, 15) is 5.11 Å². The van der Waals surface area contributed by atoms with Crippen molar-refractivity contribution in [3.63, 3.8) is 0 Å². The Morgan fingerprint density at radius 1 is 0.400 bits per heavy atom. The summed E-state index contributed by atoms with van der Waals surface area (Å²) in [6.45, 7) is 23.6. The Bertz CT molecular complexity index is 737. The maximum absolute atomic E-state index is 11.9. The number of rotatable bonds is 2. The first-order valence-electron chi connectivity index (χ1n) is 9.22. The number of hydrogen-bond donors (Lipinski definition) is 1. The van der Waals surface area contributed by atoms with Crippen LogP contribution in [0.1, 0.15) is 73.7 Å². The molecule has 2 rings (SSSR count). The topological polar surface area (TPSA) is 20.2 Å². The third kappa shape index (κ3) is 2.73. The van der Waals surface area contributed by atoms with E-state index < -0.39 is 5.60 Å². The molecule has 0 aliphatic rings. The summed E-state index contributed by atoms with van der Waals surface area (Å²) in [5.74, 6) is 0. The van der Waals surface area contributed by atoms with Crippen LogP contribution in [-0.2, 0) is 5.60 Å². The molecule has 1 heteroatoms. The Hall–Kier alpha value is -1.60. The van der Waals surface area contributed by atoms with Crippen LogP contribution in [0.3, 0.4) is 0 Å². The molecule has 0 radical (unpaired) electrons. The summed E-state index contributed by atoms with van der Waals surface area (Å²) in [6, 6.07) is 0. The van der Waals surface area contributed by atoms with Crippen molar-refractivity contribution in [3.8, 4) is 0 Å². The summed E-state index contributed by atoms with van der Waals surface area (Å²) in [6.07, 6.45) is 0. The molecule has 0 bridgehead atoms. The fraction of sp³-hybridized carbons (Fsp3) is 0.500. The SMILES string of the molecule is Cc1c(C)c(C)c(C(C)(O)c2c(C)c(C)c(C)c(C)c2C)c(C)c1C. The predicted molar refractivity (Wildman–Crippen MR) is 109 cm³/mol. The Morgan fingerprint density at radius 2 is 0.560 bits per heavy atom. The second kappa shape index (κ2) is 6.29. The van der Waals surface area contributed by atoms with Crippen LogP contribution in [0.25, 0.3) is 0 Å². The molecule has 0 unspecified atom stereocenters. The number of aliphatic hydroxyl groups is 1. The summed E-state index contributed by atoms with van der Waals surface area (Å²) in [5, 5.41) is 11.9. The van der Waals surface area contributed by atoms with Gasteiger partial charge in [-0.15, -0.1) is 0 Å². The summed E-state index contributed by atoms with van der Waals surface area (Å²) in [4.78, 5) is 0. The van der Waals surface area contributed by atoms with E-state index in [0.29, 0.717) is 0 Å². The second-order valence-corrected chi connectivity index (χ2v) is 8.07. The quantitative estimate of drug-likeness (QED) is 0.709. The van der Waals surface area contributed by atoms with Gasteiger partial charge < -0.3 is 5.11 Å². The van der Waals surface area contributed by atoms with E-state index in [1.54, 1.807) is 0 Å². The molecule has 0 saturated carbocycles. The third-order valence-electron chi connectivity index (χ3n) is 6.97. The van der Waals surface area contributed by atoms with Crippen molar-refractivity contribution in [1.29, 1.82) is 0 Å². The molecule has 0 aliphatic carbocycles. The van der Waals surface area contributed by atoms with Crippen LogP contribution in [0.15, 0.2) is 0 Å². The molecule has 1 N–H and O–H groups in total. The van der Waals surface area contributed by atoms with Gasteiger partial charge in [0.25, 0.3) is 0 Å². The highest BCUT2D eigenvalue weighted by molar-refractivity contribution is 5.59. The van der Waals surface area contributed by atoms with Gasteiger partial charge in [0.15, 0.2) is 0 Å². The van der Waals surface area contributed by atoms with Gasteiger partial charge in [0, 0.05) is 0 Å². The fourth-order valence-corrected chi connectivity index (χ4v) is 4.59. The molecule has 0 saturated heterocycles. The van der Waals surface area contributed by atoms with E-state index in [-0.39, 0.29) is 0 Å². The van der Waals surface area contributed by atoms with E-state index in [4.69, 9.17) is 0 Å². The second-order valence-electron chi connectivity index (χ2n) is 8.07. The average molecular weight is 339 g/mol. The van der Waals surface area contributed by atoms with Crippen molar-refractivity contribution < 1.29 is 5.11 Å². The largest absolute Gasteiger partial charge is 0.381 e. The van der Waals surface area contributed by atoms with Gasteiger partial charge >= 0.3 is 0 Å². The lowest BCUT2D eigenvalue weighted by Crippen LogP contribution is -2.29.